The van der Waals surface area contributed by atoms with Gasteiger partial charge in [-0.2, -0.15) is 0 Å². The van der Waals surface area contributed by atoms with Crippen molar-refractivity contribution in [3.8, 4) is 11.5 Å². The zero-order valence-electron chi connectivity index (χ0n) is 10.3. The SMILES string of the molecule is CC(NCC(=O)NC1CC1)c1c(O)cccc1O. The molecule has 0 aliphatic heterocycles. The minimum atomic E-state index is -0.295. The van der Waals surface area contributed by atoms with E-state index in [4.69, 9.17) is 0 Å². The number of rotatable bonds is 5. The van der Waals surface area contributed by atoms with Crippen LogP contribution in [0.1, 0.15) is 31.4 Å². The summed E-state index contributed by atoms with van der Waals surface area (Å²) in [6.45, 7) is 1.96. The third-order valence-corrected chi connectivity index (χ3v) is 3.00. The van der Waals surface area contributed by atoms with Crippen LogP contribution in [0.15, 0.2) is 18.2 Å². The van der Waals surface area contributed by atoms with Gasteiger partial charge in [0.1, 0.15) is 11.5 Å². The predicted molar refractivity (Wildman–Crippen MR) is 67.4 cm³/mol. The summed E-state index contributed by atoms with van der Waals surface area (Å²) in [6, 6.07) is 4.64. The summed E-state index contributed by atoms with van der Waals surface area (Å²) in [5, 5.41) is 25.2. The van der Waals surface area contributed by atoms with E-state index in [0.717, 1.165) is 12.8 Å². The molecule has 1 saturated carbocycles. The minimum absolute atomic E-state index is 0.0256. The number of carbonyl (C=O) groups is 1. The molecular formula is C13H18N2O3. The first-order valence-corrected chi connectivity index (χ1v) is 6.11. The third kappa shape index (κ3) is 3.13. The Morgan fingerprint density at radius 1 is 1.39 bits per heavy atom. The van der Waals surface area contributed by atoms with Crippen LogP contribution in [0, 0.1) is 0 Å². The summed E-state index contributed by atoms with van der Waals surface area (Å²) in [4.78, 5) is 11.5. The maximum atomic E-state index is 11.5. The van der Waals surface area contributed by atoms with Crippen molar-refractivity contribution in [1.82, 2.24) is 10.6 Å². The van der Waals surface area contributed by atoms with E-state index in [0.29, 0.717) is 11.6 Å². The van der Waals surface area contributed by atoms with Gasteiger partial charge in [-0.1, -0.05) is 6.07 Å². The summed E-state index contributed by atoms with van der Waals surface area (Å²) in [6.07, 6.45) is 2.11. The smallest absolute Gasteiger partial charge is 0.234 e. The normalized spacial score (nSPS) is 16.3. The van der Waals surface area contributed by atoms with Crippen LogP contribution in [-0.2, 0) is 4.79 Å². The molecule has 5 nitrogen and oxygen atoms in total. The molecule has 0 radical (unpaired) electrons. The Balaban J connectivity index is 1.90. The maximum absolute atomic E-state index is 11.5. The van der Waals surface area contributed by atoms with Crippen molar-refractivity contribution in [2.75, 3.05) is 6.54 Å². The highest BCUT2D eigenvalue weighted by Gasteiger charge is 2.23. The molecule has 4 N–H and O–H groups in total. The number of phenols is 2. The van der Waals surface area contributed by atoms with E-state index in [9.17, 15) is 15.0 Å². The number of carbonyl (C=O) groups excluding carboxylic acids is 1. The minimum Gasteiger partial charge on any atom is -0.507 e. The molecule has 1 aliphatic carbocycles. The summed E-state index contributed by atoms with van der Waals surface area (Å²) in [5.41, 5.74) is 0.414. The van der Waals surface area contributed by atoms with Crippen LogP contribution in [0.2, 0.25) is 0 Å². The third-order valence-electron chi connectivity index (χ3n) is 3.00. The molecule has 0 bridgehead atoms. The van der Waals surface area contributed by atoms with Gasteiger partial charge in [0, 0.05) is 12.1 Å². The van der Waals surface area contributed by atoms with E-state index in [-0.39, 0.29) is 30.0 Å². The molecule has 0 aromatic heterocycles. The van der Waals surface area contributed by atoms with Crippen molar-refractivity contribution in [1.29, 1.82) is 0 Å². The Kier molecular flexibility index (Phi) is 3.72. The Bertz CT molecular complexity index is 424. The lowest BCUT2D eigenvalue weighted by molar-refractivity contribution is -0.120. The summed E-state index contributed by atoms with van der Waals surface area (Å²) >= 11 is 0. The molecule has 2 rings (SSSR count). The average Bonchev–Trinajstić information content (AvgIpc) is 3.10. The lowest BCUT2D eigenvalue weighted by Gasteiger charge is -2.16. The van der Waals surface area contributed by atoms with Crippen molar-refractivity contribution in [2.24, 2.45) is 0 Å². The molecule has 1 unspecified atom stereocenters. The quantitative estimate of drug-likeness (QED) is 0.629. The molecule has 1 atom stereocenters. The fourth-order valence-electron chi connectivity index (χ4n) is 1.84. The van der Waals surface area contributed by atoms with Gasteiger partial charge in [-0.3, -0.25) is 4.79 Å². The van der Waals surface area contributed by atoms with E-state index in [2.05, 4.69) is 10.6 Å². The van der Waals surface area contributed by atoms with Gasteiger partial charge in [0.15, 0.2) is 0 Å². The Hall–Kier alpha value is -1.75. The van der Waals surface area contributed by atoms with Crippen molar-refractivity contribution < 1.29 is 15.0 Å². The number of nitrogens with one attached hydrogen (secondary N) is 2. The van der Waals surface area contributed by atoms with Crippen LogP contribution in [0.5, 0.6) is 11.5 Å². The summed E-state index contributed by atoms with van der Waals surface area (Å²) in [5.74, 6) is -0.00513. The van der Waals surface area contributed by atoms with Gasteiger partial charge >= 0.3 is 0 Å². The zero-order valence-corrected chi connectivity index (χ0v) is 10.3. The van der Waals surface area contributed by atoms with E-state index in [1.54, 1.807) is 13.0 Å². The maximum Gasteiger partial charge on any atom is 0.234 e. The fourth-order valence-corrected chi connectivity index (χ4v) is 1.84. The summed E-state index contributed by atoms with van der Waals surface area (Å²) < 4.78 is 0. The highest BCUT2D eigenvalue weighted by atomic mass is 16.3. The second-order valence-electron chi connectivity index (χ2n) is 4.65. The van der Waals surface area contributed by atoms with Crippen LogP contribution < -0.4 is 10.6 Å². The Labute approximate surface area is 106 Å². The van der Waals surface area contributed by atoms with Crippen LogP contribution in [0.4, 0.5) is 0 Å². The van der Waals surface area contributed by atoms with Gasteiger partial charge in [-0.05, 0) is 31.9 Å². The number of amides is 1. The molecule has 98 valence electrons. The number of phenolic OH excluding ortho intramolecular Hbond substituents is 2. The zero-order chi connectivity index (χ0) is 13.1. The van der Waals surface area contributed by atoms with E-state index >= 15 is 0 Å². The average molecular weight is 250 g/mol. The van der Waals surface area contributed by atoms with Crippen LogP contribution in [0.3, 0.4) is 0 Å². The van der Waals surface area contributed by atoms with Gasteiger partial charge in [0.05, 0.1) is 12.1 Å². The molecular weight excluding hydrogens is 232 g/mol. The highest BCUT2D eigenvalue weighted by Crippen LogP contribution is 2.31. The predicted octanol–water partition coefficient (Wildman–Crippen LogP) is 1.03. The molecule has 5 heteroatoms. The fraction of sp³-hybridized carbons (Fsp3) is 0.462. The van der Waals surface area contributed by atoms with Crippen molar-refractivity contribution in [3.05, 3.63) is 23.8 Å². The van der Waals surface area contributed by atoms with E-state index in [1.165, 1.54) is 12.1 Å². The second-order valence-corrected chi connectivity index (χ2v) is 4.65. The second kappa shape index (κ2) is 5.27. The van der Waals surface area contributed by atoms with Gasteiger partial charge < -0.3 is 20.8 Å². The Morgan fingerprint density at radius 2 is 2.00 bits per heavy atom. The Morgan fingerprint density at radius 3 is 2.56 bits per heavy atom. The molecule has 1 fully saturated rings. The molecule has 1 aliphatic rings. The number of aromatic hydroxyl groups is 2. The van der Waals surface area contributed by atoms with Gasteiger partial charge in [0.25, 0.3) is 0 Å². The van der Waals surface area contributed by atoms with Crippen molar-refractivity contribution >= 4 is 5.91 Å². The molecule has 1 amide bonds. The standard InChI is InChI=1S/C13H18N2O3/c1-8(13-10(16)3-2-4-11(13)17)14-7-12(18)15-9-5-6-9/h2-4,8-9,14,16-17H,5-7H2,1H3,(H,15,18). The molecule has 18 heavy (non-hydrogen) atoms. The van der Waals surface area contributed by atoms with Crippen LogP contribution in [-0.4, -0.2) is 28.7 Å². The van der Waals surface area contributed by atoms with Gasteiger partial charge in [-0.25, -0.2) is 0 Å². The van der Waals surface area contributed by atoms with Crippen molar-refractivity contribution in [3.63, 3.8) is 0 Å². The molecule has 0 spiro atoms. The number of hydrogen-bond donors (Lipinski definition) is 4. The lowest BCUT2D eigenvalue weighted by atomic mass is 10.1. The largest absolute Gasteiger partial charge is 0.507 e. The van der Waals surface area contributed by atoms with E-state index < -0.39 is 0 Å². The first kappa shape index (κ1) is 12.7. The number of hydrogen-bond acceptors (Lipinski definition) is 4. The lowest BCUT2D eigenvalue weighted by Crippen LogP contribution is -2.36. The van der Waals surface area contributed by atoms with Gasteiger partial charge in [0.2, 0.25) is 5.91 Å². The molecule has 0 saturated heterocycles. The topological polar surface area (TPSA) is 81.6 Å². The highest BCUT2D eigenvalue weighted by molar-refractivity contribution is 5.78. The summed E-state index contributed by atoms with van der Waals surface area (Å²) in [7, 11) is 0. The monoisotopic (exact) mass is 250 g/mol. The first-order chi connectivity index (χ1) is 8.58. The number of benzene rings is 1. The molecule has 1 aromatic rings. The van der Waals surface area contributed by atoms with Gasteiger partial charge in [-0.15, -0.1) is 0 Å². The van der Waals surface area contributed by atoms with Crippen LogP contribution >= 0.6 is 0 Å². The van der Waals surface area contributed by atoms with Crippen molar-refractivity contribution in [2.45, 2.75) is 31.8 Å². The molecule has 1 aromatic carbocycles. The van der Waals surface area contributed by atoms with Crippen LogP contribution in [0.25, 0.3) is 0 Å². The first-order valence-electron chi connectivity index (χ1n) is 6.11. The molecule has 0 heterocycles. The van der Waals surface area contributed by atoms with E-state index in [1.807, 2.05) is 0 Å².